The second-order valence-electron chi connectivity index (χ2n) is 4.73. The Hall–Kier alpha value is -2.28. The van der Waals surface area contributed by atoms with Crippen molar-refractivity contribution in [3.63, 3.8) is 0 Å². The van der Waals surface area contributed by atoms with Gasteiger partial charge in [-0.2, -0.15) is 0 Å². The summed E-state index contributed by atoms with van der Waals surface area (Å²) in [5, 5.41) is 2.95. The summed E-state index contributed by atoms with van der Waals surface area (Å²) in [5.41, 5.74) is 1.01. The maximum absolute atomic E-state index is 13.6. The molecule has 0 saturated heterocycles. The third-order valence-electron chi connectivity index (χ3n) is 3.06. The van der Waals surface area contributed by atoms with Crippen LogP contribution in [0.2, 0.25) is 0 Å². The molecule has 0 unspecified atom stereocenters. The Bertz CT molecular complexity index is 659. The average Bonchev–Trinajstić information content (AvgIpc) is 2.48. The summed E-state index contributed by atoms with van der Waals surface area (Å²) < 4.78 is 59.3. The van der Waals surface area contributed by atoms with Crippen LogP contribution in [-0.2, 0) is 13.1 Å². The minimum Gasteiger partial charge on any atom is -0.494 e. The molecule has 0 spiro atoms. The van der Waals surface area contributed by atoms with E-state index in [1.54, 1.807) is 12.1 Å². The van der Waals surface area contributed by atoms with E-state index in [1.165, 1.54) is 37.4 Å². The molecular formula is C16H15F4NO2. The molecule has 0 saturated carbocycles. The van der Waals surface area contributed by atoms with E-state index in [2.05, 4.69) is 10.1 Å². The third-order valence-corrected chi connectivity index (χ3v) is 3.06. The molecule has 0 heterocycles. The van der Waals surface area contributed by atoms with E-state index < -0.39 is 12.2 Å². The van der Waals surface area contributed by atoms with E-state index in [4.69, 9.17) is 4.74 Å². The van der Waals surface area contributed by atoms with Gasteiger partial charge in [0.25, 0.3) is 0 Å². The monoisotopic (exact) mass is 329 g/mol. The number of hydrogen-bond donors (Lipinski definition) is 1. The number of methoxy groups -OCH3 is 1. The third kappa shape index (κ3) is 5.14. The SMILES string of the molecule is COc1ccc(CNCc2ccccc2OC(F)(F)F)cc1F. The minimum absolute atomic E-state index is 0.137. The normalized spacial score (nSPS) is 11.3. The lowest BCUT2D eigenvalue weighted by molar-refractivity contribution is -0.274. The fraction of sp³-hybridized carbons (Fsp3) is 0.250. The molecule has 23 heavy (non-hydrogen) atoms. The molecule has 0 bridgehead atoms. The van der Waals surface area contributed by atoms with E-state index in [0.29, 0.717) is 17.7 Å². The van der Waals surface area contributed by atoms with Gasteiger partial charge < -0.3 is 14.8 Å². The standard InChI is InChI=1S/C16H15F4NO2/c1-22-15-7-6-11(8-13(15)17)9-21-10-12-4-2-3-5-14(12)23-16(18,19)20/h2-8,21H,9-10H2,1H3. The van der Waals surface area contributed by atoms with Crippen LogP contribution in [0, 0.1) is 5.82 Å². The first-order valence-electron chi connectivity index (χ1n) is 6.76. The summed E-state index contributed by atoms with van der Waals surface area (Å²) in [6.07, 6.45) is -4.74. The van der Waals surface area contributed by atoms with Gasteiger partial charge in [0.2, 0.25) is 0 Å². The van der Waals surface area contributed by atoms with Crippen LogP contribution in [-0.4, -0.2) is 13.5 Å². The highest BCUT2D eigenvalue weighted by Crippen LogP contribution is 2.26. The largest absolute Gasteiger partial charge is 0.573 e. The summed E-state index contributed by atoms with van der Waals surface area (Å²) in [6.45, 7) is 0.446. The quantitative estimate of drug-likeness (QED) is 0.812. The van der Waals surface area contributed by atoms with Gasteiger partial charge in [-0.1, -0.05) is 24.3 Å². The van der Waals surface area contributed by atoms with Crippen LogP contribution >= 0.6 is 0 Å². The Labute approximate surface area is 130 Å². The number of rotatable bonds is 6. The lowest BCUT2D eigenvalue weighted by Gasteiger charge is -2.13. The molecule has 0 radical (unpaired) electrons. The fourth-order valence-electron chi connectivity index (χ4n) is 2.04. The number of hydrogen-bond acceptors (Lipinski definition) is 3. The second-order valence-corrected chi connectivity index (χ2v) is 4.73. The molecule has 3 nitrogen and oxygen atoms in total. The molecule has 1 N–H and O–H groups in total. The van der Waals surface area contributed by atoms with E-state index in [-0.39, 0.29) is 18.0 Å². The smallest absolute Gasteiger partial charge is 0.494 e. The van der Waals surface area contributed by atoms with Gasteiger partial charge in [0.15, 0.2) is 11.6 Å². The van der Waals surface area contributed by atoms with E-state index in [1.807, 2.05) is 0 Å². The molecular weight excluding hydrogens is 314 g/mol. The highest BCUT2D eigenvalue weighted by Gasteiger charge is 2.31. The number of halogens is 4. The van der Waals surface area contributed by atoms with Crippen LogP contribution in [0.5, 0.6) is 11.5 Å². The summed E-state index contributed by atoms with van der Waals surface area (Å²) in [7, 11) is 1.37. The summed E-state index contributed by atoms with van der Waals surface area (Å²) in [5.74, 6) is -0.612. The van der Waals surface area contributed by atoms with Crippen molar-refractivity contribution in [1.82, 2.24) is 5.32 Å². The zero-order chi connectivity index (χ0) is 16.9. The highest BCUT2D eigenvalue weighted by atomic mass is 19.4. The summed E-state index contributed by atoms with van der Waals surface area (Å²) in [4.78, 5) is 0. The number of nitrogens with one attached hydrogen (secondary N) is 1. The molecule has 0 aliphatic heterocycles. The van der Waals surface area contributed by atoms with E-state index in [9.17, 15) is 17.6 Å². The molecule has 124 valence electrons. The van der Waals surface area contributed by atoms with Crippen molar-refractivity contribution in [2.75, 3.05) is 7.11 Å². The zero-order valence-corrected chi connectivity index (χ0v) is 12.3. The van der Waals surface area contributed by atoms with Gasteiger partial charge in [-0.25, -0.2) is 4.39 Å². The van der Waals surface area contributed by atoms with Crippen LogP contribution in [0.3, 0.4) is 0 Å². The van der Waals surface area contributed by atoms with Crippen LogP contribution in [0.25, 0.3) is 0 Å². The molecule has 2 aromatic rings. The number of para-hydroxylation sites is 1. The first-order chi connectivity index (χ1) is 10.9. The lowest BCUT2D eigenvalue weighted by atomic mass is 10.1. The van der Waals surface area contributed by atoms with Gasteiger partial charge in [-0.3, -0.25) is 0 Å². The van der Waals surface area contributed by atoms with Gasteiger partial charge in [0, 0.05) is 18.7 Å². The van der Waals surface area contributed by atoms with Crippen molar-refractivity contribution in [2.24, 2.45) is 0 Å². The number of ether oxygens (including phenoxy) is 2. The second kappa shape index (κ2) is 7.32. The van der Waals surface area contributed by atoms with E-state index >= 15 is 0 Å². The number of alkyl halides is 3. The molecule has 2 aromatic carbocycles. The van der Waals surface area contributed by atoms with Crippen molar-refractivity contribution in [3.8, 4) is 11.5 Å². The Morgan fingerprint density at radius 1 is 1.00 bits per heavy atom. The average molecular weight is 329 g/mol. The summed E-state index contributed by atoms with van der Waals surface area (Å²) >= 11 is 0. The van der Waals surface area contributed by atoms with Crippen molar-refractivity contribution in [1.29, 1.82) is 0 Å². The van der Waals surface area contributed by atoms with Crippen LogP contribution in [0.4, 0.5) is 17.6 Å². The molecule has 7 heteroatoms. The van der Waals surface area contributed by atoms with Gasteiger partial charge in [0.05, 0.1) is 7.11 Å². The molecule has 0 aliphatic rings. The Morgan fingerprint density at radius 2 is 1.74 bits per heavy atom. The van der Waals surface area contributed by atoms with Crippen LogP contribution in [0.1, 0.15) is 11.1 Å². The predicted molar refractivity (Wildman–Crippen MR) is 76.6 cm³/mol. The summed E-state index contributed by atoms with van der Waals surface area (Å²) in [6, 6.07) is 10.3. The Balaban J connectivity index is 1.98. The first kappa shape index (κ1) is 17.1. The van der Waals surface area contributed by atoms with Crippen LogP contribution < -0.4 is 14.8 Å². The highest BCUT2D eigenvalue weighted by molar-refractivity contribution is 5.33. The zero-order valence-electron chi connectivity index (χ0n) is 12.3. The van der Waals surface area contributed by atoms with Gasteiger partial charge >= 0.3 is 6.36 Å². The van der Waals surface area contributed by atoms with Gasteiger partial charge in [0.1, 0.15) is 5.75 Å². The maximum atomic E-state index is 13.6. The van der Waals surface area contributed by atoms with Crippen molar-refractivity contribution in [3.05, 3.63) is 59.4 Å². The van der Waals surface area contributed by atoms with Crippen molar-refractivity contribution in [2.45, 2.75) is 19.5 Å². The maximum Gasteiger partial charge on any atom is 0.573 e. The molecule has 0 aromatic heterocycles. The van der Waals surface area contributed by atoms with Crippen LogP contribution in [0.15, 0.2) is 42.5 Å². The fourth-order valence-corrected chi connectivity index (χ4v) is 2.04. The van der Waals surface area contributed by atoms with Crippen molar-refractivity contribution >= 4 is 0 Å². The Kier molecular flexibility index (Phi) is 5.44. The molecule has 0 amide bonds. The number of benzene rings is 2. The van der Waals surface area contributed by atoms with Gasteiger partial charge in [-0.05, 0) is 23.8 Å². The molecule has 2 rings (SSSR count). The van der Waals surface area contributed by atoms with Crippen molar-refractivity contribution < 1.29 is 27.0 Å². The van der Waals surface area contributed by atoms with E-state index in [0.717, 1.165) is 0 Å². The molecule has 0 aliphatic carbocycles. The predicted octanol–water partition coefficient (Wildman–Crippen LogP) is 4.02. The topological polar surface area (TPSA) is 30.5 Å². The molecule has 0 fully saturated rings. The first-order valence-corrected chi connectivity index (χ1v) is 6.76. The minimum atomic E-state index is -4.74. The lowest BCUT2D eigenvalue weighted by Crippen LogP contribution is -2.20. The van der Waals surface area contributed by atoms with Gasteiger partial charge in [-0.15, -0.1) is 13.2 Å². The molecule has 0 atom stereocenters. The Morgan fingerprint density at radius 3 is 2.39 bits per heavy atom.